The van der Waals surface area contributed by atoms with Gasteiger partial charge in [-0.25, -0.2) is 4.79 Å². The molecular weight excluding hydrogens is 280 g/mol. The van der Waals surface area contributed by atoms with E-state index in [9.17, 15) is 9.59 Å². The molecule has 0 radical (unpaired) electrons. The van der Waals surface area contributed by atoms with Gasteiger partial charge in [-0.2, -0.15) is 0 Å². The second-order valence-electron chi connectivity index (χ2n) is 7.55. The molecule has 3 unspecified atom stereocenters. The molecule has 3 aliphatic rings. The Morgan fingerprint density at radius 3 is 2.45 bits per heavy atom. The Hall–Kier alpha value is -1.32. The number of esters is 2. The molecule has 0 aromatic rings. The maximum absolute atomic E-state index is 12.1. The highest BCUT2D eigenvalue weighted by Crippen LogP contribution is 2.43. The Bertz CT molecular complexity index is 473. The molecule has 3 rings (SSSR count). The predicted molar refractivity (Wildman–Crippen MR) is 81.9 cm³/mol. The zero-order valence-corrected chi connectivity index (χ0v) is 13.5. The lowest BCUT2D eigenvalue weighted by Crippen LogP contribution is -2.37. The Balaban J connectivity index is 1.44. The second kappa shape index (κ2) is 6.05. The van der Waals surface area contributed by atoms with Gasteiger partial charge in [0.2, 0.25) is 0 Å². The van der Waals surface area contributed by atoms with Crippen LogP contribution >= 0.6 is 0 Å². The second-order valence-corrected chi connectivity index (χ2v) is 7.55. The quantitative estimate of drug-likeness (QED) is 0.578. The summed E-state index contributed by atoms with van der Waals surface area (Å²) < 4.78 is 10.8. The standard InChI is InChI=1S/C18H26O4/c1-18(2,14-5-3-4-6-14)22-16(19)11-21-17(20)15-10-12-7-8-13(15)9-12/h7-8,12-15H,3-6,9-11H2,1-2H3. The van der Waals surface area contributed by atoms with E-state index in [1.54, 1.807) is 0 Å². The molecule has 22 heavy (non-hydrogen) atoms. The van der Waals surface area contributed by atoms with Gasteiger partial charge in [-0.3, -0.25) is 4.79 Å². The van der Waals surface area contributed by atoms with Gasteiger partial charge >= 0.3 is 11.9 Å². The monoisotopic (exact) mass is 306 g/mol. The summed E-state index contributed by atoms with van der Waals surface area (Å²) in [5, 5.41) is 0. The molecule has 3 atom stereocenters. The summed E-state index contributed by atoms with van der Waals surface area (Å²) in [6.07, 6.45) is 10.8. The maximum Gasteiger partial charge on any atom is 0.344 e. The fourth-order valence-electron chi connectivity index (χ4n) is 4.32. The van der Waals surface area contributed by atoms with Crippen LogP contribution in [0.5, 0.6) is 0 Å². The van der Waals surface area contributed by atoms with Crippen molar-refractivity contribution in [2.24, 2.45) is 23.7 Å². The van der Waals surface area contributed by atoms with E-state index in [-0.39, 0.29) is 18.5 Å². The first kappa shape index (κ1) is 15.6. The van der Waals surface area contributed by atoms with Crippen LogP contribution in [0.4, 0.5) is 0 Å². The van der Waals surface area contributed by atoms with Crippen LogP contribution in [-0.4, -0.2) is 24.1 Å². The van der Waals surface area contributed by atoms with E-state index in [1.165, 1.54) is 12.8 Å². The number of fused-ring (bicyclic) bond motifs is 2. The molecule has 0 spiro atoms. The van der Waals surface area contributed by atoms with Crippen molar-refractivity contribution in [2.45, 2.75) is 58.0 Å². The van der Waals surface area contributed by atoms with Crippen molar-refractivity contribution < 1.29 is 19.1 Å². The van der Waals surface area contributed by atoms with E-state index in [0.29, 0.717) is 17.8 Å². The summed E-state index contributed by atoms with van der Waals surface area (Å²) in [5.41, 5.74) is -0.463. The molecular formula is C18H26O4. The van der Waals surface area contributed by atoms with E-state index < -0.39 is 11.6 Å². The van der Waals surface area contributed by atoms with Crippen molar-refractivity contribution in [1.82, 2.24) is 0 Å². The van der Waals surface area contributed by atoms with Crippen LogP contribution in [-0.2, 0) is 19.1 Å². The molecule has 3 aliphatic carbocycles. The summed E-state index contributed by atoms with van der Waals surface area (Å²) in [7, 11) is 0. The number of ether oxygens (including phenoxy) is 2. The molecule has 0 amide bonds. The molecule has 4 nitrogen and oxygen atoms in total. The Kier molecular flexibility index (Phi) is 4.28. The van der Waals surface area contributed by atoms with Crippen molar-refractivity contribution in [3.05, 3.63) is 12.2 Å². The lowest BCUT2D eigenvalue weighted by molar-refractivity contribution is -0.173. The van der Waals surface area contributed by atoms with E-state index in [1.807, 2.05) is 13.8 Å². The van der Waals surface area contributed by atoms with Crippen molar-refractivity contribution in [2.75, 3.05) is 6.61 Å². The van der Waals surface area contributed by atoms with Gasteiger partial charge in [-0.15, -0.1) is 0 Å². The largest absolute Gasteiger partial charge is 0.457 e. The molecule has 0 aromatic carbocycles. The number of rotatable bonds is 5. The minimum absolute atomic E-state index is 0.0642. The molecule has 0 aliphatic heterocycles. The summed E-state index contributed by atoms with van der Waals surface area (Å²) in [6.45, 7) is 3.67. The topological polar surface area (TPSA) is 52.6 Å². The van der Waals surface area contributed by atoms with Gasteiger partial charge in [0.25, 0.3) is 0 Å². The minimum atomic E-state index is -0.463. The Morgan fingerprint density at radius 2 is 1.86 bits per heavy atom. The average Bonchev–Trinajstić information content (AvgIpc) is 3.19. The summed E-state index contributed by atoms with van der Waals surface area (Å²) in [5.74, 6) is 0.518. The van der Waals surface area contributed by atoms with Gasteiger partial charge in [0.05, 0.1) is 5.92 Å². The van der Waals surface area contributed by atoms with Crippen molar-refractivity contribution in [3.8, 4) is 0 Å². The highest BCUT2D eigenvalue weighted by atomic mass is 16.6. The van der Waals surface area contributed by atoms with Crippen LogP contribution in [0, 0.1) is 23.7 Å². The van der Waals surface area contributed by atoms with Gasteiger partial charge < -0.3 is 9.47 Å². The smallest absolute Gasteiger partial charge is 0.344 e. The van der Waals surface area contributed by atoms with E-state index in [0.717, 1.165) is 25.7 Å². The molecule has 0 N–H and O–H groups in total. The van der Waals surface area contributed by atoms with Crippen LogP contribution in [0.1, 0.15) is 52.4 Å². The Labute approximate surface area is 132 Å². The molecule has 0 saturated heterocycles. The van der Waals surface area contributed by atoms with Crippen LogP contribution in [0.2, 0.25) is 0 Å². The molecule has 0 aromatic heterocycles. The third-order valence-corrected chi connectivity index (χ3v) is 5.63. The Morgan fingerprint density at radius 1 is 1.14 bits per heavy atom. The maximum atomic E-state index is 12.1. The van der Waals surface area contributed by atoms with E-state index in [2.05, 4.69) is 12.2 Å². The van der Waals surface area contributed by atoms with Crippen molar-refractivity contribution in [3.63, 3.8) is 0 Å². The zero-order valence-electron chi connectivity index (χ0n) is 13.5. The SMILES string of the molecule is CC(C)(OC(=O)COC(=O)C1CC2C=CC1C2)C1CCCC1. The number of allylic oxidation sites excluding steroid dienone is 2. The zero-order chi connectivity index (χ0) is 15.7. The van der Waals surface area contributed by atoms with E-state index in [4.69, 9.17) is 9.47 Å². The number of hydrogen-bond donors (Lipinski definition) is 0. The van der Waals surface area contributed by atoms with Crippen LogP contribution in [0.3, 0.4) is 0 Å². The van der Waals surface area contributed by atoms with Gasteiger partial charge in [-0.05, 0) is 57.3 Å². The summed E-state index contributed by atoms with van der Waals surface area (Å²) >= 11 is 0. The first-order valence-electron chi connectivity index (χ1n) is 8.52. The van der Waals surface area contributed by atoms with Gasteiger partial charge in [0.1, 0.15) is 5.60 Å². The van der Waals surface area contributed by atoms with Crippen LogP contribution < -0.4 is 0 Å². The molecule has 122 valence electrons. The minimum Gasteiger partial charge on any atom is -0.457 e. The predicted octanol–water partition coefficient (Wildman–Crippen LogP) is 3.25. The number of carbonyl (C=O) groups is 2. The van der Waals surface area contributed by atoms with Gasteiger partial charge in [0, 0.05) is 0 Å². The molecule has 2 saturated carbocycles. The molecule has 2 bridgehead atoms. The van der Waals surface area contributed by atoms with E-state index >= 15 is 0 Å². The lowest BCUT2D eigenvalue weighted by atomic mass is 9.89. The fraction of sp³-hybridized carbons (Fsp3) is 0.778. The van der Waals surface area contributed by atoms with Crippen molar-refractivity contribution in [1.29, 1.82) is 0 Å². The normalized spacial score (nSPS) is 30.7. The third kappa shape index (κ3) is 3.21. The molecule has 4 heteroatoms. The summed E-state index contributed by atoms with van der Waals surface area (Å²) in [4.78, 5) is 24.1. The number of carbonyl (C=O) groups excluding carboxylic acids is 2. The molecule has 2 fully saturated rings. The number of hydrogen-bond acceptors (Lipinski definition) is 4. The average molecular weight is 306 g/mol. The first-order valence-corrected chi connectivity index (χ1v) is 8.52. The highest BCUT2D eigenvalue weighted by Gasteiger charge is 2.41. The van der Waals surface area contributed by atoms with Crippen LogP contribution in [0.25, 0.3) is 0 Å². The third-order valence-electron chi connectivity index (χ3n) is 5.63. The lowest BCUT2D eigenvalue weighted by Gasteiger charge is -2.31. The van der Waals surface area contributed by atoms with Crippen molar-refractivity contribution >= 4 is 11.9 Å². The molecule has 0 heterocycles. The van der Waals surface area contributed by atoms with Crippen LogP contribution in [0.15, 0.2) is 12.2 Å². The van der Waals surface area contributed by atoms with Gasteiger partial charge in [0.15, 0.2) is 6.61 Å². The first-order chi connectivity index (χ1) is 10.5. The fourth-order valence-corrected chi connectivity index (χ4v) is 4.32. The summed E-state index contributed by atoms with van der Waals surface area (Å²) in [6, 6.07) is 0. The van der Waals surface area contributed by atoms with Gasteiger partial charge in [-0.1, -0.05) is 25.0 Å². The highest BCUT2D eigenvalue weighted by molar-refractivity contribution is 5.78.